The normalized spacial score (nSPS) is 10.7. The summed E-state index contributed by atoms with van der Waals surface area (Å²) in [4.78, 5) is 25.1. The van der Waals surface area contributed by atoms with E-state index < -0.39 is 0 Å². The van der Waals surface area contributed by atoms with E-state index >= 15 is 0 Å². The molecule has 0 radical (unpaired) electrons. The molecule has 150 valence electrons. The first-order valence-corrected chi connectivity index (χ1v) is 10.2. The Morgan fingerprint density at radius 1 is 1.03 bits per heavy atom. The first kappa shape index (κ1) is 19.9. The largest absolute Gasteiger partial charge is 0.493 e. The van der Waals surface area contributed by atoms with E-state index in [-0.39, 0.29) is 11.3 Å². The number of nitrogens with one attached hydrogen (secondary N) is 1. The van der Waals surface area contributed by atoms with E-state index in [1.165, 1.54) is 6.07 Å². The number of hydrogen-bond acceptors (Lipinski definition) is 4. The van der Waals surface area contributed by atoms with Crippen LogP contribution >= 0.6 is 15.9 Å². The fourth-order valence-corrected chi connectivity index (χ4v) is 3.39. The van der Waals surface area contributed by atoms with Gasteiger partial charge in [0.25, 0.3) is 5.91 Å². The van der Waals surface area contributed by atoms with E-state index in [0.29, 0.717) is 45.9 Å². The Labute approximate surface area is 181 Å². The summed E-state index contributed by atoms with van der Waals surface area (Å²) in [5, 5.41) is 3.28. The van der Waals surface area contributed by atoms with Crippen LogP contribution in [0.25, 0.3) is 22.3 Å². The molecule has 5 nitrogen and oxygen atoms in total. The molecule has 0 fully saturated rings. The number of hydrogen-bond donors (Lipinski definition) is 1. The summed E-state index contributed by atoms with van der Waals surface area (Å²) in [6, 6.07) is 20.9. The molecule has 0 aliphatic rings. The Kier molecular flexibility index (Phi) is 5.68. The van der Waals surface area contributed by atoms with Gasteiger partial charge in [-0.25, -0.2) is 0 Å². The minimum Gasteiger partial charge on any atom is -0.493 e. The molecule has 4 rings (SSSR count). The van der Waals surface area contributed by atoms with Crippen LogP contribution in [0.3, 0.4) is 0 Å². The second-order valence-electron chi connectivity index (χ2n) is 6.58. The van der Waals surface area contributed by atoms with Gasteiger partial charge in [-0.15, -0.1) is 0 Å². The number of carbonyl (C=O) groups excluding carboxylic acids is 1. The molecular formula is C24H18BrNO4. The number of ether oxygens (including phenoxy) is 1. The minimum absolute atomic E-state index is 0.164. The van der Waals surface area contributed by atoms with Gasteiger partial charge in [0.05, 0.1) is 17.6 Å². The van der Waals surface area contributed by atoms with Gasteiger partial charge in [-0.2, -0.15) is 0 Å². The number of carbonyl (C=O) groups is 1. The molecule has 1 amide bonds. The minimum atomic E-state index is -0.248. The van der Waals surface area contributed by atoms with Gasteiger partial charge in [0.2, 0.25) is 0 Å². The lowest BCUT2D eigenvalue weighted by atomic mass is 10.1. The fourth-order valence-electron chi connectivity index (χ4n) is 3.12. The first-order valence-electron chi connectivity index (χ1n) is 9.42. The number of rotatable bonds is 5. The summed E-state index contributed by atoms with van der Waals surface area (Å²) in [6.07, 6.45) is 0. The number of benzene rings is 3. The highest BCUT2D eigenvalue weighted by Crippen LogP contribution is 2.31. The van der Waals surface area contributed by atoms with Crippen LogP contribution in [0, 0.1) is 0 Å². The molecule has 0 aliphatic heterocycles. The van der Waals surface area contributed by atoms with Gasteiger partial charge in [-0.1, -0.05) is 28.1 Å². The number of para-hydroxylation sites is 1. The number of fused-ring (bicyclic) bond motifs is 1. The maximum atomic E-state index is 12.6. The van der Waals surface area contributed by atoms with Crippen molar-refractivity contribution in [3.63, 3.8) is 0 Å². The molecule has 0 aliphatic carbocycles. The van der Waals surface area contributed by atoms with E-state index in [1.54, 1.807) is 42.5 Å². The molecule has 1 heterocycles. The molecule has 0 saturated heterocycles. The molecule has 0 saturated carbocycles. The van der Waals surface area contributed by atoms with Crippen LogP contribution in [0.15, 0.2) is 86.5 Å². The van der Waals surface area contributed by atoms with Gasteiger partial charge >= 0.3 is 0 Å². The van der Waals surface area contributed by atoms with Crippen molar-refractivity contribution in [2.24, 2.45) is 0 Å². The van der Waals surface area contributed by atoms with Gasteiger partial charge in [-0.3, -0.25) is 9.59 Å². The van der Waals surface area contributed by atoms with Crippen molar-refractivity contribution in [2.75, 3.05) is 11.9 Å². The van der Waals surface area contributed by atoms with Crippen molar-refractivity contribution >= 4 is 38.5 Å². The number of anilines is 1. The van der Waals surface area contributed by atoms with Crippen LogP contribution in [0.4, 0.5) is 5.69 Å². The molecule has 4 aromatic rings. The van der Waals surface area contributed by atoms with Crippen LogP contribution in [-0.2, 0) is 0 Å². The summed E-state index contributed by atoms with van der Waals surface area (Å²) in [5.41, 5.74) is 1.98. The zero-order valence-electron chi connectivity index (χ0n) is 16.1. The number of halogens is 1. The quantitative estimate of drug-likeness (QED) is 0.401. The third-order valence-electron chi connectivity index (χ3n) is 4.55. The fraction of sp³-hybridized carbons (Fsp3) is 0.0833. The summed E-state index contributed by atoms with van der Waals surface area (Å²) < 4.78 is 12.6. The van der Waals surface area contributed by atoms with Crippen LogP contribution in [0.5, 0.6) is 5.75 Å². The first-order chi connectivity index (χ1) is 14.5. The Morgan fingerprint density at radius 3 is 2.57 bits per heavy atom. The van der Waals surface area contributed by atoms with Crippen molar-refractivity contribution < 1.29 is 13.9 Å². The van der Waals surface area contributed by atoms with Gasteiger partial charge < -0.3 is 14.5 Å². The predicted octanol–water partition coefficient (Wildman–Crippen LogP) is 5.87. The molecule has 1 aromatic heterocycles. The van der Waals surface area contributed by atoms with Crippen molar-refractivity contribution in [3.05, 3.63) is 93.1 Å². The second kappa shape index (κ2) is 8.55. The monoisotopic (exact) mass is 463 g/mol. The average molecular weight is 464 g/mol. The third-order valence-corrected chi connectivity index (χ3v) is 5.07. The second-order valence-corrected chi connectivity index (χ2v) is 7.49. The molecule has 1 N–H and O–H groups in total. The standard InChI is InChI=1S/C24H18BrNO4/c1-2-29-21-6-4-3-5-19(21)23-14-20(27)18-12-11-17(13-22(18)30-23)26-24(28)15-7-9-16(25)10-8-15/h3-14H,2H2,1H3,(H,26,28). The molecule has 30 heavy (non-hydrogen) atoms. The average Bonchev–Trinajstić information content (AvgIpc) is 2.74. The van der Waals surface area contributed by atoms with Crippen LogP contribution in [-0.4, -0.2) is 12.5 Å². The van der Waals surface area contributed by atoms with Crippen LogP contribution < -0.4 is 15.5 Å². The van der Waals surface area contributed by atoms with Crippen molar-refractivity contribution in [2.45, 2.75) is 6.92 Å². The zero-order chi connectivity index (χ0) is 21.1. The lowest BCUT2D eigenvalue weighted by Crippen LogP contribution is -2.12. The predicted molar refractivity (Wildman–Crippen MR) is 121 cm³/mol. The molecule has 6 heteroatoms. The van der Waals surface area contributed by atoms with Crippen LogP contribution in [0.2, 0.25) is 0 Å². The Bertz CT molecular complexity index is 1280. The van der Waals surface area contributed by atoms with E-state index in [9.17, 15) is 9.59 Å². The van der Waals surface area contributed by atoms with Crippen LogP contribution in [0.1, 0.15) is 17.3 Å². The topological polar surface area (TPSA) is 68.5 Å². The van der Waals surface area contributed by atoms with Gasteiger partial charge in [-0.05, 0) is 55.5 Å². The molecule has 0 unspecified atom stereocenters. The van der Waals surface area contributed by atoms with Crippen molar-refractivity contribution in [1.29, 1.82) is 0 Å². The highest BCUT2D eigenvalue weighted by molar-refractivity contribution is 9.10. The summed E-state index contributed by atoms with van der Waals surface area (Å²) >= 11 is 3.35. The third kappa shape index (κ3) is 4.14. The molecule has 0 spiro atoms. The van der Waals surface area contributed by atoms with Gasteiger partial charge in [0.1, 0.15) is 17.1 Å². The number of amides is 1. The van der Waals surface area contributed by atoms with E-state index in [1.807, 2.05) is 31.2 Å². The Morgan fingerprint density at radius 2 is 1.80 bits per heavy atom. The van der Waals surface area contributed by atoms with Gasteiger partial charge in [0, 0.05) is 27.9 Å². The zero-order valence-corrected chi connectivity index (χ0v) is 17.7. The Balaban J connectivity index is 1.71. The summed E-state index contributed by atoms with van der Waals surface area (Å²) in [5.74, 6) is 0.803. The van der Waals surface area contributed by atoms with Crippen molar-refractivity contribution in [1.82, 2.24) is 0 Å². The lowest BCUT2D eigenvalue weighted by Gasteiger charge is -2.10. The van der Waals surface area contributed by atoms with E-state index in [2.05, 4.69) is 21.2 Å². The SMILES string of the molecule is CCOc1ccccc1-c1cc(=O)c2ccc(NC(=O)c3ccc(Br)cc3)cc2o1. The maximum absolute atomic E-state index is 12.6. The highest BCUT2D eigenvalue weighted by Gasteiger charge is 2.13. The smallest absolute Gasteiger partial charge is 0.255 e. The highest BCUT2D eigenvalue weighted by atomic mass is 79.9. The molecule has 0 atom stereocenters. The van der Waals surface area contributed by atoms with E-state index in [4.69, 9.17) is 9.15 Å². The van der Waals surface area contributed by atoms with E-state index in [0.717, 1.165) is 4.47 Å². The molecule has 3 aromatic carbocycles. The summed E-state index contributed by atoms with van der Waals surface area (Å²) in [7, 11) is 0. The van der Waals surface area contributed by atoms with Gasteiger partial charge in [0.15, 0.2) is 5.43 Å². The molecular weight excluding hydrogens is 446 g/mol. The molecule has 0 bridgehead atoms. The van der Waals surface area contributed by atoms with Crippen molar-refractivity contribution in [3.8, 4) is 17.1 Å². The maximum Gasteiger partial charge on any atom is 0.255 e. The lowest BCUT2D eigenvalue weighted by molar-refractivity contribution is 0.102. The Hall–Kier alpha value is -3.38. The summed E-state index contributed by atoms with van der Waals surface area (Å²) in [6.45, 7) is 2.40.